The van der Waals surface area contributed by atoms with Gasteiger partial charge in [-0.15, -0.1) is 0 Å². The maximum atomic E-state index is 5.97. The van der Waals surface area contributed by atoms with Crippen molar-refractivity contribution in [2.45, 2.75) is 77.2 Å². The lowest BCUT2D eigenvalue weighted by Gasteiger charge is -2.22. The van der Waals surface area contributed by atoms with Crippen LogP contribution in [-0.2, 0) is 6.54 Å². The molecule has 1 fully saturated rings. The second kappa shape index (κ2) is 9.47. The Bertz CT molecular complexity index is 904. The van der Waals surface area contributed by atoms with E-state index in [1.165, 1.54) is 49.0 Å². The number of aromatic nitrogens is 2. The number of benzene rings is 2. The van der Waals surface area contributed by atoms with Crippen LogP contribution in [0.5, 0.6) is 5.75 Å². The molecule has 1 saturated carbocycles. The minimum absolute atomic E-state index is 0.562. The largest absolute Gasteiger partial charge is 0.494 e. The van der Waals surface area contributed by atoms with Crippen LogP contribution in [0.4, 0.5) is 0 Å². The molecule has 0 unspecified atom stereocenters. The average Bonchev–Trinajstić information content (AvgIpc) is 3.13. The van der Waals surface area contributed by atoms with Gasteiger partial charge >= 0.3 is 0 Å². The highest BCUT2D eigenvalue weighted by atomic mass is 16.5. The van der Waals surface area contributed by atoms with Gasteiger partial charge in [-0.05, 0) is 61.4 Å². The van der Waals surface area contributed by atoms with Gasteiger partial charge in [0, 0.05) is 12.5 Å². The van der Waals surface area contributed by atoms with Gasteiger partial charge < -0.3 is 9.30 Å². The Labute approximate surface area is 175 Å². The number of imidazole rings is 1. The third kappa shape index (κ3) is 4.83. The SMILES string of the molecule is CC(C)c1ccc(OCCCCn2c(C3CCCCC3)nc3ccccc32)cc1. The van der Waals surface area contributed by atoms with E-state index < -0.39 is 0 Å². The number of ether oxygens (including phenoxy) is 1. The lowest BCUT2D eigenvalue weighted by molar-refractivity contribution is 0.302. The van der Waals surface area contributed by atoms with Crippen LogP contribution in [-0.4, -0.2) is 16.2 Å². The second-order valence-corrected chi connectivity index (χ2v) is 8.72. The van der Waals surface area contributed by atoms with Crippen molar-refractivity contribution in [3.63, 3.8) is 0 Å². The predicted octanol–water partition coefficient (Wildman–Crippen LogP) is 7.07. The van der Waals surface area contributed by atoms with E-state index in [-0.39, 0.29) is 0 Å². The Balaban J connectivity index is 1.35. The van der Waals surface area contributed by atoms with E-state index >= 15 is 0 Å². The van der Waals surface area contributed by atoms with Crippen LogP contribution in [0.2, 0.25) is 0 Å². The smallest absolute Gasteiger partial charge is 0.119 e. The summed E-state index contributed by atoms with van der Waals surface area (Å²) in [5, 5.41) is 0. The molecule has 3 aromatic rings. The van der Waals surface area contributed by atoms with Crippen molar-refractivity contribution in [2.75, 3.05) is 6.61 Å². The zero-order valence-electron chi connectivity index (χ0n) is 17.9. The number of nitrogens with zero attached hydrogens (tertiary/aromatic N) is 2. The minimum Gasteiger partial charge on any atom is -0.494 e. The van der Waals surface area contributed by atoms with Crippen molar-refractivity contribution in [2.24, 2.45) is 0 Å². The van der Waals surface area contributed by atoms with Crippen molar-refractivity contribution in [3.8, 4) is 5.75 Å². The van der Waals surface area contributed by atoms with Gasteiger partial charge in [0.2, 0.25) is 0 Å². The first kappa shape index (κ1) is 20.0. The van der Waals surface area contributed by atoms with Crippen LogP contribution >= 0.6 is 0 Å². The van der Waals surface area contributed by atoms with E-state index in [4.69, 9.17) is 9.72 Å². The van der Waals surface area contributed by atoms with E-state index in [9.17, 15) is 0 Å². The predicted molar refractivity (Wildman–Crippen MR) is 121 cm³/mol. The average molecular weight is 391 g/mol. The molecule has 3 nitrogen and oxygen atoms in total. The standard InChI is InChI=1S/C26H34N2O/c1-20(2)21-14-16-23(17-15-21)29-19-9-8-18-28-25-13-7-6-12-24(25)27-26(28)22-10-4-3-5-11-22/h6-7,12-17,20,22H,3-5,8-11,18-19H2,1-2H3. The quantitative estimate of drug-likeness (QED) is 0.385. The van der Waals surface area contributed by atoms with Gasteiger partial charge in [0.05, 0.1) is 17.6 Å². The third-order valence-electron chi connectivity index (χ3n) is 6.25. The number of fused-ring (bicyclic) bond motifs is 1. The molecular formula is C26H34N2O. The highest BCUT2D eigenvalue weighted by Gasteiger charge is 2.22. The molecule has 1 aromatic heterocycles. The lowest BCUT2D eigenvalue weighted by Crippen LogP contribution is -2.13. The molecule has 0 radical (unpaired) electrons. The zero-order valence-corrected chi connectivity index (χ0v) is 17.9. The van der Waals surface area contributed by atoms with Crippen molar-refractivity contribution >= 4 is 11.0 Å². The van der Waals surface area contributed by atoms with Crippen LogP contribution in [0.25, 0.3) is 11.0 Å². The van der Waals surface area contributed by atoms with Gasteiger partial charge in [-0.1, -0.05) is 57.4 Å². The summed E-state index contributed by atoms with van der Waals surface area (Å²) in [6.45, 7) is 6.24. The van der Waals surface area contributed by atoms with E-state index in [1.54, 1.807) is 0 Å². The summed E-state index contributed by atoms with van der Waals surface area (Å²) < 4.78 is 8.46. The van der Waals surface area contributed by atoms with Gasteiger partial charge in [0.1, 0.15) is 11.6 Å². The number of unbranched alkanes of at least 4 members (excludes halogenated alkanes) is 1. The molecule has 4 rings (SSSR count). The second-order valence-electron chi connectivity index (χ2n) is 8.72. The molecule has 29 heavy (non-hydrogen) atoms. The number of hydrogen-bond acceptors (Lipinski definition) is 2. The number of aryl methyl sites for hydroxylation is 1. The van der Waals surface area contributed by atoms with Gasteiger partial charge in [0.25, 0.3) is 0 Å². The van der Waals surface area contributed by atoms with Crippen LogP contribution in [0.1, 0.15) is 82.0 Å². The summed E-state index contributed by atoms with van der Waals surface area (Å²) in [4.78, 5) is 5.04. The van der Waals surface area contributed by atoms with Crippen LogP contribution < -0.4 is 4.74 Å². The number of rotatable bonds is 8. The molecule has 2 aromatic carbocycles. The molecule has 1 heterocycles. The molecule has 0 atom stereocenters. The normalized spacial score (nSPS) is 15.3. The molecule has 0 saturated heterocycles. The van der Waals surface area contributed by atoms with Crippen molar-refractivity contribution in [1.82, 2.24) is 9.55 Å². The molecular weight excluding hydrogens is 356 g/mol. The van der Waals surface area contributed by atoms with Gasteiger partial charge in [-0.25, -0.2) is 4.98 Å². The van der Waals surface area contributed by atoms with Crippen LogP contribution in [0.3, 0.4) is 0 Å². The monoisotopic (exact) mass is 390 g/mol. The Kier molecular flexibility index (Phi) is 6.53. The Morgan fingerprint density at radius 1 is 0.966 bits per heavy atom. The molecule has 0 N–H and O–H groups in total. The van der Waals surface area contributed by atoms with Crippen LogP contribution in [0, 0.1) is 0 Å². The first-order valence-electron chi connectivity index (χ1n) is 11.4. The molecule has 154 valence electrons. The van der Waals surface area contributed by atoms with E-state index in [1.807, 2.05) is 0 Å². The Morgan fingerprint density at radius 3 is 2.48 bits per heavy atom. The Hall–Kier alpha value is -2.29. The molecule has 1 aliphatic carbocycles. The fourth-order valence-corrected chi connectivity index (χ4v) is 4.51. The maximum Gasteiger partial charge on any atom is 0.119 e. The molecule has 1 aliphatic rings. The fraction of sp³-hybridized carbons (Fsp3) is 0.500. The summed E-state index contributed by atoms with van der Waals surface area (Å²) in [7, 11) is 0. The summed E-state index contributed by atoms with van der Waals surface area (Å²) >= 11 is 0. The highest BCUT2D eigenvalue weighted by Crippen LogP contribution is 2.34. The maximum absolute atomic E-state index is 5.97. The van der Waals surface area contributed by atoms with E-state index in [0.717, 1.165) is 37.3 Å². The Morgan fingerprint density at radius 2 is 1.72 bits per heavy atom. The molecule has 0 amide bonds. The molecule has 0 aliphatic heterocycles. The van der Waals surface area contributed by atoms with Gasteiger partial charge in [0.15, 0.2) is 0 Å². The van der Waals surface area contributed by atoms with Gasteiger partial charge in [-0.3, -0.25) is 0 Å². The van der Waals surface area contributed by atoms with E-state index in [0.29, 0.717) is 11.8 Å². The topological polar surface area (TPSA) is 27.1 Å². The summed E-state index contributed by atoms with van der Waals surface area (Å²) in [6, 6.07) is 17.2. The summed E-state index contributed by atoms with van der Waals surface area (Å²) in [6.07, 6.45) is 8.82. The zero-order chi connectivity index (χ0) is 20.1. The van der Waals surface area contributed by atoms with Gasteiger partial charge in [-0.2, -0.15) is 0 Å². The van der Waals surface area contributed by atoms with E-state index in [2.05, 4.69) is 66.9 Å². The molecule has 0 spiro atoms. The molecule has 3 heteroatoms. The number of hydrogen-bond donors (Lipinski definition) is 0. The first-order valence-corrected chi connectivity index (χ1v) is 11.4. The number of para-hydroxylation sites is 2. The molecule has 0 bridgehead atoms. The first-order chi connectivity index (χ1) is 14.2. The van der Waals surface area contributed by atoms with Crippen molar-refractivity contribution in [3.05, 3.63) is 59.9 Å². The lowest BCUT2D eigenvalue weighted by atomic mass is 9.88. The van der Waals surface area contributed by atoms with Crippen molar-refractivity contribution < 1.29 is 4.74 Å². The third-order valence-corrected chi connectivity index (χ3v) is 6.25. The minimum atomic E-state index is 0.562. The fourth-order valence-electron chi connectivity index (χ4n) is 4.51. The highest BCUT2D eigenvalue weighted by molar-refractivity contribution is 5.76. The van der Waals surface area contributed by atoms with Crippen molar-refractivity contribution in [1.29, 1.82) is 0 Å². The summed E-state index contributed by atoms with van der Waals surface area (Å²) in [5.74, 6) is 3.49. The summed E-state index contributed by atoms with van der Waals surface area (Å²) in [5.41, 5.74) is 3.80. The van der Waals surface area contributed by atoms with Crippen LogP contribution in [0.15, 0.2) is 48.5 Å².